The highest BCUT2D eigenvalue weighted by Crippen LogP contribution is 2.25. The first-order chi connectivity index (χ1) is 9.72. The van der Waals surface area contributed by atoms with Crippen LogP contribution < -0.4 is 0 Å². The number of imidazole rings is 1. The molecule has 1 aromatic carbocycles. The fourth-order valence-corrected chi connectivity index (χ4v) is 2.39. The molecule has 3 nitrogen and oxygen atoms in total. The molecule has 0 aliphatic carbocycles. The van der Waals surface area contributed by atoms with E-state index in [1.54, 1.807) is 16.7 Å². The van der Waals surface area contributed by atoms with Crippen LogP contribution in [0, 0.1) is 11.3 Å². The van der Waals surface area contributed by atoms with Gasteiger partial charge in [-0.05, 0) is 24.1 Å². The zero-order valence-electron chi connectivity index (χ0n) is 11.0. The minimum Gasteiger partial charge on any atom is -0.289 e. The summed E-state index contributed by atoms with van der Waals surface area (Å²) in [4.78, 5) is 4.53. The molecule has 0 aliphatic rings. The van der Waals surface area contributed by atoms with Gasteiger partial charge in [0.05, 0.1) is 5.02 Å². The van der Waals surface area contributed by atoms with E-state index >= 15 is 0 Å². The molecular weight excluding hydrogens is 270 g/mol. The lowest BCUT2D eigenvalue weighted by Gasteiger charge is -2.00. The van der Waals surface area contributed by atoms with Crippen LogP contribution in [0.5, 0.6) is 0 Å². The number of aromatic nitrogens is 2. The van der Waals surface area contributed by atoms with E-state index in [0.717, 1.165) is 17.6 Å². The van der Waals surface area contributed by atoms with E-state index in [4.69, 9.17) is 11.6 Å². The summed E-state index contributed by atoms with van der Waals surface area (Å²) in [6.07, 6.45) is 2.71. The minimum absolute atomic E-state index is 0.506. The molecule has 2 aromatic heterocycles. The third-order valence-electron chi connectivity index (χ3n) is 3.32. The summed E-state index contributed by atoms with van der Waals surface area (Å²) in [6.45, 7) is 2.11. The van der Waals surface area contributed by atoms with Crippen molar-refractivity contribution in [3.63, 3.8) is 0 Å². The van der Waals surface area contributed by atoms with Crippen LogP contribution in [0.15, 0.2) is 42.6 Å². The van der Waals surface area contributed by atoms with Gasteiger partial charge in [-0.25, -0.2) is 4.98 Å². The maximum atomic E-state index is 9.40. The van der Waals surface area contributed by atoms with Gasteiger partial charge in [0, 0.05) is 11.8 Å². The Kier molecular flexibility index (Phi) is 3.17. The van der Waals surface area contributed by atoms with Gasteiger partial charge in [0.2, 0.25) is 0 Å². The number of hydrogen-bond donors (Lipinski definition) is 0. The number of nitriles is 1. The van der Waals surface area contributed by atoms with Gasteiger partial charge in [0.25, 0.3) is 0 Å². The zero-order valence-corrected chi connectivity index (χ0v) is 11.7. The van der Waals surface area contributed by atoms with Crippen LogP contribution in [0.2, 0.25) is 5.02 Å². The molecule has 0 bridgehead atoms. The largest absolute Gasteiger partial charge is 0.289 e. The quantitative estimate of drug-likeness (QED) is 0.710. The maximum absolute atomic E-state index is 9.40. The monoisotopic (exact) mass is 281 g/mol. The minimum atomic E-state index is 0.506. The molecule has 0 saturated heterocycles. The van der Waals surface area contributed by atoms with Crippen LogP contribution in [0.1, 0.15) is 18.2 Å². The average molecular weight is 282 g/mol. The molecule has 0 N–H and O–H groups in total. The van der Waals surface area contributed by atoms with Gasteiger partial charge in [-0.15, -0.1) is 0 Å². The van der Waals surface area contributed by atoms with Gasteiger partial charge in [-0.1, -0.05) is 42.8 Å². The maximum Gasteiger partial charge on any atom is 0.152 e. The number of benzene rings is 1. The number of aryl methyl sites for hydroxylation is 1. The molecule has 0 saturated carbocycles. The predicted molar refractivity (Wildman–Crippen MR) is 79.7 cm³/mol. The number of nitrogens with zero attached hydrogens (tertiary/aromatic N) is 3. The lowest BCUT2D eigenvalue weighted by atomic mass is 10.1. The number of halogens is 1. The first kappa shape index (κ1) is 12.7. The molecule has 3 rings (SSSR count). The molecule has 2 heterocycles. The predicted octanol–water partition coefficient (Wildman–Crippen LogP) is 4.09. The van der Waals surface area contributed by atoms with Crippen LogP contribution in [0.4, 0.5) is 0 Å². The SMILES string of the molecule is CCc1ccc(-c2nc3ccc(Cl)cn3c2C#N)cc1. The van der Waals surface area contributed by atoms with Crippen LogP contribution >= 0.6 is 11.6 Å². The van der Waals surface area contributed by atoms with Crippen molar-refractivity contribution in [2.24, 2.45) is 0 Å². The lowest BCUT2D eigenvalue weighted by Crippen LogP contribution is -1.89. The second-order valence-electron chi connectivity index (χ2n) is 4.55. The Morgan fingerprint density at radius 3 is 2.60 bits per heavy atom. The Morgan fingerprint density at radius 2 is 1.95 bits per heavy atom. The van der Waals surface area contributed by atoms with Crippen molar-refractivity contribution in [3.05, 3.63) is 58.9 Å². The highest BCUT2D eigenvalue weighted by molar-refractivity contribution is 6.30. The summed E-state index contributed by atoms with van der Waals surface area (Å²) in [7, 11) is 0. The summed E-state index contributed by atoms with van der Waals surface area (Å²) in [5.74, 6) is 0. The molecule has 98 valence electrons. The molecule has 20 heavy (non-hydrogen) atoms. The van der Waals surface area contributed by atoms with E-state index in [9.17, 15) is 5.26 Å². The van der Waals surface area contributed by atoms with Gasteiger partial charge in [0.1, 0.15) is 17.4 Å². The zero-order chi connectivity index (χ0) is 14.1. The molecule has 3 aromatic rings. The second-order valence-corrected chi connectivity index (χ2v) is 4.98. The van der Waals surface area contributed by atoms with E-state index < -0.39 is 0 Å². The molecular formula is C16H12ClN3. The third kappa shape index (κ3) is 2.04. The molecule has 0 aliphatic heterocycles. The van der Waals surface area contributed by atoms with Crippen molar-refractivity contribution in [1.29, 1.82) is 5.26 Å². The van der Waals surface area contributed by atoms with E-state index in [2.05, 4.69) is 30.1 Å². The van der Waals surface area contributed by atoms with Crippen molar-refractivity contribution in [3.8, 4) is 17.3 Å². The molecule has 0 fully saturated rings. The van der Waals surface area contributed by atoms with Crippen LogP contribution in [0.25, 0.3) is 16.9 Å². The average Bonchev–Trinajstić information content (AvgIpc) is 2.85. The van der Waals surface area contributed by atoms with Gasteiger partial charge < -0.3 is 0 Å². The second kappa shape index (κ2) is 4.99. The number of hydrogen-bond acceptors (Lipinski definition) is 2. The topological polar surface area (TPSA) is 41.1 Å². The van der Waals surface area contributed by atoms with E-state index in [1.807, 2.05) is 18.2 Å². The summed E-state index contributed by atoms with van der Waals surface area (Å²) in [5.41, 5.74) is 4.13. The summed E-state index contributed by atoms with van der Waals surface area (Å²) in [5, 5.41) is 9.99. The summed E-state index contributed by atoms with van der Waals surface area (Å²) < 4.78 is 1.73. The summed E-state index contributed by atoms with van der Waals surface area (Å²) in [6, 6.07) is 13.9. The smallest absolute Gasteiger partial charge is 0.152 e. The molecule has 0 radical (unpaired) electrons. The first-order valence-electron chi connectivity index (χ1n) is 6.40. The van der Waals surface area contributed by atoms with Crippen LogP contribution in [-0.2, 0) is 6.42 Å². The van der Waals surface area contributed by atoms with Gasteiger partial charge in [-0.2, -0.15) is 5.26 Å². The molecule has 4 heteroatoms. The van der Waals surface area contributed by atoms with E-state index in [-0.39, 0.29) is 0 Å². The number of fused-ring (bicyclic) bond motifs is 1. The molecule has 0 amide bonds. The Bertz CT molecular complexity index is 810. The van der Waals surface area contributed by atoms with Crippen molar-refractivity contribution in [2.45, 2.75) is 13.3 Å². The van der Waals surface area contributed by atoms with E-state index in [0.29, 0.717) is 16.4 Å². The highest BCUT2D eigenvalue weighted by Gasteiger charge is 2.13. The normalized spacial score (nSPS) is 10.7. The fraction of sp³-hybridized carbons (Fsp3) is 0.125. The fourth-order valence-electron chi connectivity index (χ4n) is 2.23. The van der Waals surface area contributed by atoms with Crippen molar-refractivity contribution >= 4 is 17.2 Å². The lowest BCUT2D eigenvalue weighted by molar-refractivity contribution is 1.14. The Balaban J connectivity index is 2.22. The molecule has 0 unspecified atom stereocenters. The Hall–Kier alpha value is -2.31. The van der Waals surface area contributed by atoms with Gasteiger partial charge >= 0.3 is 0 Å². The van der Waals surface area contributed by atoms with E-state index in [1.165, 1.54) is 5.56 Å². The Labute approximate surface area is 122 Å². The van der Waals surface area contributed by atoms with Crippen molar-refractivity contribution < 1.29 is 0 Å². The summed E-state index contributed by atoms with van der Waals surface area (Å²) >= 11 is 5.98. The van der Waals surface area contributed by atoms with Crippen LogP contribution in [0.3, 0.4) is 0 Å². The third-order valence-corrected chi connectivity index (χ3v) is 3.55. The van der Waals surface area contributed by atoms with Gasteiger partial charge in [-0.3, -0.25) is 4.40 Å². The highest BCUT2D eigenvalue weighted by atomic mass is 35.5. The number of rotatable bonds is 2. The van der Waals surface area contributed by atoms with Crippen molar-refractivity contribution in [2.75, 3.05) is 0 Å². The van der Waals surface area contributed by atoms with Crippen LogP contribution in [-0.4, -0.2) is 9.38 Å². The standard InChI is InChI=1S/C16H12ClN3/c1-2-11-3-5-12(6-4-11)16-14(9-18)20-10-13(17)7-8-15(20)19-16/h3-8,10H,2H2,1H3. The van der Waals surface area contributed by atoms with Crippen molar-refractivity contribution in [1.82, 2.24) is 9.38 Å². The number of pyridine rings is 1. The first-order valence-corrected chi connectivity index (χ1v) is 6.77. The Morgan fingerprint density at radius 1 is 1.20 bits per heavy atom. The molecule has 0 atom stereocenters. The van der Waals surface area contributed by atoms with Gasteiger partial charge in [0.15, 0.2) is 5.69 Å². The molecule has 0 spiro atoms.